The van der Waals surface area contributed by atoms with Crippen molar-refractivity contribution in [1.29, 1.82) is 0 Å². The molecule has 1 aliphatic heterocycles. The molecule has 212 valence electrons. The molecule has 1 saturated heterocycles. The number of benzene rings is 2. The maximum atomic E-state index is 13.6. The first-order valence-corrected chi connectivity index (χ1v) is 15.2. The van der Waals surface area contributed by atoms with Crippen LogP contribution in [0.2, 0.25) is 0 Å². The summed E-state index contributed by atoms with van der Waals surface area (Å²) < 4.78 is 19.6. The molecule has 3 heterocycles. The molecule has 11 heteroatoms. The van der Waals surface area contributed by atoms with Crippen molar-refractivity contribution >= 4 is 49.3 Å². The number of ether oxygens (including phenoxy) is 3. The summed E-state index contributed by atoms with van der Waals surface area (Å²) in [6, 6.07) is 13.7. The van der Waals surface area contributed by atoms with Gasteiger partial charge in [-0.2, -0.15) is 0 Å². The summed E-state index contributed by atoms with van der Waals surface area (Å²) in [4.78, 5) is 33.7. The first-order chi connectivity index (χ1) is 19.6. The largest absolute Gasteiger partial charge is 0.493 e. The molecular formula is C29H34N4O5S2. The summed E-state index contributed by atoms with van der Waals surface area (Å²) in [5.74, 6) is 1.41. The molecule has 1 fully saturated rings. The monoisotopic (exact) mass is 582 g/mol. The van der Waals surface area contributed by atoms with Gasteiger partial charge in [-0.15, -0.1) is 11.3 Å². The highest BCUT2D eigenvalue weighted by molar-refractivity contribution is 7.99. The second-order valence-electron chi connectivity index (χ2n) is 9.51. The van der Waals surface area contributed by atoms with Crippen LogP contribution in [-0.2, 0) is 22.5 Å². The van der Waals surface area contributed by atoms with Gasteiger partial charge in [0.2, 0.25) is 5.91 Å². The highest BCUT2D eigenvalue weighted by Crippen LogP contribution is 2.32. The Bertz CT molecular complexity index is 1530. The molecule has 2 aromatic heterocycles. The highest BCUT2D eigenvalue weighted by Gasteiger charge is 2.18. The van der Waals surface area contributed by atoms with Crippen molar-refractivity contribution in [3.8, 4) is 11.5 Å². The standard InChI is InChI=1S/C29H34N4O5S2/c1-36-22-9-8-20(18-23(22)37-2)10-11-30-25(34)19-39-29-31-26-21-6-3-4-7-24(21)40-27(26)28(35)33(29)13-5-12-32-14-16-38-17-15-32/h3-4,6-9,18H,5,10-17,19H2,1-2H3,(H,30,34). The molecular weight excluding hydrogens is 548 g/mol. The first kappa shape index (κ1) is 28.4. The van der Waals surface area contributed by atoms with E-state index in [-0.39, 0.29) is 17.2 Å². The summed E-state index contributed by atoms with van der Waals surface area (Å²) in [7, 11) is 3.21. The van der Waals surface area contributed by atoms with Crippen LogP contribution in [0.15, 0.2) is 52.4 Å². The Balaban J connectivity index is 1.27. The van der Waals surface area contributed by atoms with Crippen LogP contribution in [0.25, 0.3) is 20.3 Å². The van der Waals surface area contributed by atoms with Gasteiger partial charge in [0, 0.05) is 42.8 Å². The molecule has 0 saturated carbocycles. The summed E-state index contributed by atoms with van der Waals surface area (Å²) in [6.45, 7) is 5.25. The molecule has 0 spiro atoms. The van der Waals surface area contributed by atoms with Gasteiger partial charge in [0.25, 0.3) is 5.56 Å². The third kappa shape index (κ3) is 6.60. The molecule has 40 heavy (non-hydrogen) atoms. The second kappa shape index (κ2) is 13.5. The van der Waals surface area contributed by atoms with Gasteiger partial charge in [0.05, 0.1) is 38.7 Å². The number of hydrogen-bond acceptors (Lipinski definition) is 9. The van der Waals surface area contributed by atoms with Crippen LogP contribution >= 0.6 is 23.1 Å². The third-order valence-corrected chi connectivity index (χ3v) is 9.05. The van der Waals surface area contributed by atoms with Crippen molar-refractivity contribution in [2.24, 2.45) is 0 Å². The minimum atomic E-state index is -0.102. The van der Waals surface area contributed by atoms with Crippen molar-refractivity contribution in [3.63, 3.8) is 0 Å². The number of rotatable bonds is 12. The molecule has 1 amide bonds. The van der Waals surface area contributed by atoms with Crippen molar-refractivity contribution < 1.29 is 19.0 Å². The Kier molecular flexibility index (Phi) is 9.58. The Morgan fingerprint density at radius 1 is 1.10 bits per heavy atom. The van der Waals surface area contributed by atoms with E-state index in [0.717, 1.165) is 54.9 Å². The normalized spacial score (nSPS) is 14.1. The topological polar surface area (TPSA) is 94.9 Å². The minimum Gasteiger partial charge on any atom is -0.493 e. The molecule has 4 aromatic rings. The zero-order valence-electron chi connectivity index (χ0n) is 22.8. The van der Waals surface area contributed by atoms with E-state index in [1.807, 2.05) is 42.5 Å². The second-order valence-corrected chi connectivity index (χ2v) is 11.5. The van der Waals surface area contributed by atoms with E-state index in [9.17, 15) is 9.59 Å². The van der Waals surface area contributed by atoms with Crippen molar-refractivity contribution in [2.75, 3.05) is 59.4 Å². The number of thiophene rings is 1. The predicted octanol–water partition coefficient (Wildman–Crippen LogP) is 3.80. The smallest absolute Gasteiger partial charge is 0.272 e. The number of nitrogens with one attached hydrogen (secondary N) is 1. The maximum Gasteiger partial charge on any atom is 0.272 e. The Morgan fingerprint density at radius 3 is 2.70 bits per heavy atom. The highest BCUT2D eigenvalue weighted by atomic mass is 32.2. The Morgan fingerprint density at radius 2 is 1.90 bits per heavy atom. The zero-order chi connectivity index (χ0) is 27.9. The van der Waals surface area contributed by atoms with Gasteiger partial charge in [0.15, 0.2) is 16.7 Å². The average molecular weight is 583 g/mol. The predicted molar refractivity (Wildman–Crippen MR) is 160 cm³/mol. The maximum absolute atomic E-state index is 13.6. The van der Waals surface area contributed by atoms with Crippen LogP contribution in [0.1, 0.15) is 12.0 Å². The number of fused-ring (bicyclic) bond motifs is 3. The molecule has 9 nitrogen and oxygen atoms in total. The summed E-state index contributed by atoms with van der Waals surface area (Å²) in [5, 5.41) is 4.54. The summed E-state index contributed by atoms with van der Waals surface area (Å²) in [6.07, 6.45) is 1.48. The SMILES string of the molecule is COc1ccc(CCNC(=O)CSc2nc3c(sc4ccccc43)c(=O)n2CCCN2CCOCC2)cc1OC. The fourth-order valence-electron chi connectivity index (χ4n) is 4.80. The van der Waals surface area contributed by atoms with Gasteiger partial charge in [-0.3, -0.25) is 19.1 Å². The van der Waals surface area contributed by atoms with Gasteiger partial charge in [-0.05, 0) is 36.6 Å². The van der Waals surface area contributed by atoms with Crippen LogP contribution in [0.4, 0.5) is 0 Å². The average Bonchev–Trinajstić information content (AvgIpc) is 3.36. The number of nitrogens with zero attached hydrogens (tertiary/aromatic N) is 3. The Hall–Kier alpha value is -3.12. The molecule has 0 bridgehead atoms. The van der Waals surface area contributed by atoms with E-state index in [4.69, 9.17) is 19.2 Å². The fourth-order valence-corrected chi connectivity index (χ4v) is 6.74. The van der Waals surface area contributed by atoms with Gasteiger partial charge < -0.3 is 19.5 Å². The van der Waals surface area contributed by atoms with E-state index < -0.39 is 0 Å². The number of thioether (sulfide) groups is 1. The van der Waals surface area contributed by atoms with Gasteiger partial charge in [-0.25, -0.2) is 4.98 Å². The fraction of sp³-hybridized carbons (Fsp3) is 0.414. The lowest BCUT2D eigenvalue weighted by Gasteiger charge is -2.26. The number of carbonyl (C=O) groups excluding carboxylic acids is 1. The van der Waals surface area contributed by atoms with Gasteiger partial charge in [0.1, 0.15) is 4.70 Å². The number of hydrogen-bond donors (Lipinski definition) is 1. The molecule has 0 aliphatic carbocycles. The number of methoxy groups -OCH3 is 2. The van der Waals surface area contributed by atoms with E-state index in [0.29, 0.717) is 46.4 Å². The van der Waals surface area contributed by atoms with E-state index >= 15 is 0 Å². The quantitative estimate of drug-likeness (QED) is 0.199. The van der Waals surface area contributed by atoms with E-state index in [1.54, 1.807) is 18.8 Å². The van der Waals surface area contributed by atoms with Gasteiger partial charge >= 0.3 is 0 Å². The lowest BCUT2D eigenvalue weighted by molar-refractivity contribution is -0.118. The van der Waals surface area contributed by atoms with Crippen LogP contribution in [0, 0.1) is 0 Å². The molecule has 0 unspecified atom stereocenters. The van der Waals surface area contributed by atoms with Crippen molar-refractivity contribution in [3.05, 3.63) is 58.4 Å². The zero-order valence-corrected chi connectivity index (χ0v) is 24.4. The molecule has 1 N–H and O–H groups in total. The molecule has 0 atom stereocenters. The summed E-state index contributed by atoms with van der Waals surface area (Å²) in [5.41, 5.74) is 1.71. The molecule has 0 radical (unpaired) electrons. The number of amides is 1. The van der Waals surface area contributed by atoms with E-state index in [2.05, 4.69) is 10.2 Å². The Labute approximate surface area is 241 Å². The van der Waals surface area contributed by atoms with Gasteiger partial charge in [-0.1, -0.05) is 36.0 Å². The first-order valence-electron chi connectivity index (χ1n) is 13.4. The number of aromatic nitrogens is 2. The molecule has 5 rings (SSSR count). The minimum absolute atomic E-state index is 0.0375. The lowest BCUT2D eigenvalue weighted by Crippen LogP contribution is -2.37. The third-order valence-electron chi connectivity index (χ3n) is 6.92. The molecule has 2 aromatic carbocycles. The number of carbonyl (C=O) groups is 1. The lowest BCUT2D eigenvalue weighted by atomic mass is 10.1. The van der Waals surface area contributed by atoms with Crippen molar-refractivity contribution in [2.45, 2.75) is 24.5 Å². The summed E-state index contributed by atoms with van der Waals surface area (Å²) >= 11 is 2.80. The van der Waals surface area contributed by atoms with Crippen LogP contribution in [0.5, 0.6) is 11.5 Å². The van der Waals surface area contributed by atoms with Crippen LogP contribution in [0.3, 0.4) is 0 Å². The van der Waals surface area contributed by atoms with E-state index in [1.165, 1.54) is 23.1 Å². The molecule has 1 aliphatic rings. The van der Waals surface area contributed by atoms with Crippen molar-refractivity contribution in [1.82, 2.24) is 19.8 Å². The van der Waals surface area contributed by atoms with Crippen LogP contribution < -0.4 is 20.3 Å². The number of morpholine rings is 1. The van der Waals surface area contributed by atoms with Crippen LogP contribution in [-0.4, -0.2) is 79.7 Å².